The number of sulfonamides is 1. The minimum atomic E-state index is -4.09. The number of methoxy groups -OCH3 is 1. The fourth-order valence-electron chi connectivity index (χ4n) is 7.20. The molecule has 2 aliphatic rings. The molecular weight excluding hydrogens is 725 g/mol. The number of nitrogens with one attached hydrogen (secondary N) is 2. The third-order valence-corrected chi connectivity index (χ3v) is 13.1. The van der Waals surface area contributed by atoms with E-state index in [1.165, 1.54) is 21.6 Å². The number of carbonyl (C=O) groups is 1. The second-order valence-electron chi connectivity index (χ2n) is 14.7. The van der Waals surface area contributed by atoms with Gasteiger partial charge in [-0.3, -0.25) is 4.79 Å². The van der Waals surface area contributed by atoms with Crippen LogP contribution in [-0.4, -0.2) is 77.5 Å². The predicted octanol–water partition coefficient (Wildman–Crippen LogP) is 9.02. The molecule has 1 fully saturated rings. The number of ether oxygens (including phenoxy) is 1. The van der Waals surface area contributed by atoms with E-state index >= 15 is 0 Å². The number of nitrogens with zero attached hydrogens (tertiary/aromatic N) is 2. The van der Waals surface area contributed by atoms with Crippen LogP contribution in [0.4, 0.5) is 11.4 Å². The molecule has 0 saturated carbocycles. The van der Waals surface area contributed by atoms with Crippen LogP contribution >= 0.6 is 11.8 Å². The molecule has 0 radical (unpaired) electrons. The number of anilines is 2. The Kier molecular flexibility index (Phi) is 15.0. The first-order chi connectivity index (χ1) is 26.5. The molecule has 3 aromatic carbocycles. The summed E-state index contributed by atoms with van der Waals surface area (Å²) in [7, 11) is 1.86. The number of carbonyl (C=O) groups excluding carboxylic acids is 1. The summed E-state index contributed by atoms with van der Waals surface area (Å²) in [6.07, 6.45) is 18.7. The Hall–Kier alpha value is -4.09. The zero-order chi connectivity index (χ0) is 39.4. The van der Waals surface area contributed by atoms with Crippen LogP contribution in [0, 0.1) is 6.92 Å². The molecule has 55 heavy (non-hydrogen) atoms. The summed E-state index contributed by atoms with van der Waals surface area (Å²) in [5.41, 5.74) is 6.39. The molecule has 1 aliphatic carbocycles. The van der Waals surface area contributed by atoms with E-state index in [2.05, 4.69) is 102 Å². The third-order valence-electron chi connectivity index (χ3n) is 10.5. The second kappa shape index (κ2) is 19.7. The van der Waals surface area contributed by atoms with Crippen molar-refractivity contribution in [1.29, 1.82) is 0 Å². The van der Waals surface area contributed by atoms with Crippen molar-refractivity contribution in [2.75, 3.05) is 56.8 Å². The maximum atomic E-state index is 13.4. The van der Waals surface area contributed by atoms with Gasteiger partial charge in [0.15, 0.2) is 0 Å². The van der Waals surface area contributed by atoms with Crippen LogP contribution < -0.4 is 14.9 Å². The number of piperidine rings is 1. The Morgan fingerprint density at radius 1 is 1.04 bits per heavy atom. The lowest BCUT2D eigenvalue weighted by atomic mass is 9.82. The van der Waals surface area contributed by atoms with Gasteiger partial charge in [0.1, 0.15) is 0 Å². The molecular formula is C45H58N4O4S2. The molecule has 294 valence electrons. The molecule has 0 spiro atoms. The van der Waals surface area contributed by atoms with Gasteiger partial charge in [0.2, 0.25) is 0 Å². The minimum Gasteiger partial charge on any atom is -0.381 e. The van der Waals surface area contributed by atoms with Crippen molar-refractivity contribution < 1.29 is 17.9 Å². The molecule has 1 amide bonds. The molecule has 0 bridgehead atoms. The maximum Gasteiger partial charge on any atom is 0.264 e. The molecule has 3 aromatic rings. The largest absolute Gasteiger partial charge is 0.381 e. The second-order valence-corrected chi connectivity index (χ2v) is 17.5. The lowest BCUT2D eigenvalue weighted by Crippen LogP contribution is -2.47. The molecule has 2 N–H and O–H groups in total. The quantitative estimate of drug-likeness (QED) is 0.131. The first-order valence-corrected chi connectivity index (χ1v) is 21.8. The predicted molar refractivity (Wildman–Crippen MR) is 232 cm³/mol. The van der Waals surface area contributed by atoms with Crippen molar-refractivity contribution in [3.63, 3.8) is 0 Å². The average Bonchev–Trinajstić information content (AvgIpc) is 3.19. The van der Waals surface area contributed by atoms with Gasteiger partial charge in [-0.25, -0.2) is 13.1 Å². The Morgan fingerprint density at radius 3 is 2.42 bits per heavy atom. The zero-order valence-electron chi connectivity index (χ0n) is 33.3. The van der Waals surface area contributed by atoms with Gasteiger partial charge in [0, 0.05) is 60.3 Å². The minimum absolute atomic E-state index is 0.0542. The average molecular weight is 783 g/mol. The topological polar surface area (TPSA) is 91.0 Å². The van der Waals surface area contributed by atoms with Gasteiger partial charge >= 0.3 is 0 Å². The van der Waals surface area contributed by atoms with E-state index in [1.807, 2.05) is 44.9 Å². The van der Waals surface area contributed by atoms with Gasteiger partial charge in [-0.15, -0.1) is 11.8 Å². The van der Waals surface area contributed by atoms with Crippen LogP contribution in [0.1, 0.15) is 73.0 Å². The number of amides is 1. The van der Waals surface area contributed by atoms with Crippen LogP contribution in [0.3, 0.4) is 0 Å². The van der Waals surface area contributed by atoms with Crippen LogP contribution in [0.2, 0.25) is 0 Å². The van der Waals surface area contributed by atoms with Crippen molar-refractivity contribution >= 4 is 44.6 Å². The van der Waals surface area contributed by atoms with Gasteiger partial charge in [-0.05, 0) is 138 Å². The van der Waals surface area contributed by atoms with Crippen LogP contribution in [0.15, 0.2) is 113 Å². The van der Waals surface area contributed by atoms with E-state index in [-0.39, 0.29) is 22.1 Å². The van der Waals surface area contributed by atoms with Gasteiger partial charge in [0.05, 0.1) is 10.5 Å². The van der Waals surface area contributed by atoms with Crippen molar-refractivity contribution in [3.8, 4) is 0 Å². The summed E-state index contributed by atoms with van der Waals surface area (Å²) >= 11 is 1.85. The molecule has 10 heteroatoms. The first kappa shape index (κ1) is 42.1. The molecule has 1 saturated heterocycles. The number of aryl methyl sites for hydroxylation is 1. The van der Waals surface area contributed by atoms with Crippen LogP contribution in [0.5, 0.6) is 0 Å². The van der Waals surface area contributed by atoms with E-state index in [0.717, 1.165) is 80.9 Å². The molecule has 1 aliphatic heterocycles. The maximum absolute atomic E-state index is 13.4. The van der Waals surface area contributed by atoms with E-state index in [0.29, 0.717) is 0 Å². The summed E-state index contributed by atoms with van der Waals surface area (Å²) < 4.78 is 35.3. The number of rotatable bonds is 17. The molecule has 1 heterocycles. The SMILES string of the molecule is C/C=C\C(=C/C)c1ccccc1CC1(OC)CCN(c2ccc(C(=O)NS(=O)(=O)c3ccc(N[C@H](CCN(C)C)CSC4=CCCC=C4)c(C)c3)cc2)CC1. The third kappa shape index (κ3) is 11.5. The standard InChI is InChI=1S/C45H58N4O4S2/c1-7-14-35(8-2)42-18-13-12-15-37(42)32-45(53-6)26-29-49(30-27-45)39-21-19-36(20-22-39)44(50)47-55(51,52)41-23-24-43(34(3)31-41)46-38(25-28-48(4)5)33-54-40-16-10-9-11-17-40/h7-8,10,12-24,31,38,46H,9,11,25-30,32-33H2,1-6H3,(H,47,50)/b14-7-,35-8+/t38-/m1/s1. The van der Waals surface area contributed by atoms with Crippen molar-refractivity contribution in [1.82, 2.24) is 9.62 Å². The van der Waals surface area contributed by atoms with Gasteiger partial charge in [-0.1, -0.05) is 60.7 Å². The highest BCUT2D eigenvalue weighted by atomic mass is 32.2. The van der Waals surface area contributed by atoms with Crippen LogP contribution in [0.25, 0.3) is 5.57 Å². The Morgan fingerprint density at radius 2 is 1.78 bits per heavy atom. The highest BCUT2D eigenvalue weighted by Gasteiger charge is 2.35. The zero-order valence-corrected chi connectivity index (χ0v) is 34.9. The lowest BCUT2D eigenvalue weighted by molar-refractivity contribution is -0.0290. The van der Waals surface area contributed by atoms with E-state index in [9.17, 15) is 13.2 Å². The summed E-state index contributed by atoms with van der Waals surface area (Å²) in [6, 6.07) is 20.9. The molecule has 5 rings (SSSR count). The molecule has 8 nitrogen and oxygen atoms in total. The van der Waals surface area contributed by atoms with E-state index < -0.39 is 15.9 Å². The summed E-state index contributed by atoms with van der Waals surface area (Å²) in [5, 5.41) is 3.65. The smallest absolute Gasteiger partial charge is 0.264 e. The first-order valence-electron chi connectivity index (χ1n) is 19.3. The molecule has 0 unspecified atom stereocenters. The number of allylic oxidation sites excluding steroid dienone is 7. The Bertz CT molecular complexity index is 1990. The molecule has 0 aromatic heterocycles. The van der Waals surface area contributed by atoms with Gasteiger partial charge in [0.25, 0.3) is 15.9 Å². The van der Waals surface area contributed by atoms with E-state index in [1.54, 1.807) is 30.3 Å². The highest BCUT2D eigenvalue weighted by Crippen LogP contribution is 2.35. The number of hydrogen-bond acceptors (Lipinski definition) is 8. The highest BCUT2D eigenvalue weighted by molar-refractivity contribution is 8.03. The van der Waals surface area contributed by atoms with Gasteiger partial charge < -0.3 is 19.9 Å². The summed E-state index contributed by atoms with van der Waals surface area (Å²) in [5.74, 6) is 0.237. The monoisotopic (exact) mass is 782 g/mol. The Balaban J connectivity index is 1.18. The van der Waals surface area contributed by atoms with Crippen LogP contribution in [-0.2, 0) is 21.2 Å². The van der Waals surface area contributed by atoms with Crippen molar-refractivity contribution in [2.45, 2.75) is 75.8 Å². The van der Waals surface area contributed by atoms with Crippen molar-refractivity contribution in [2.24, 2.45) is 0 Å². The fraction of sp³-hybridized carbons (Fsp3) is 0.400. The summed E-state index contributed by atoms with van der Waals surface area (Å²) in [4.78, 5) is 19.0. The number of hydrogen-bond donors (Lipinski definition) is 2. The number of thioether (sulfide) groups is 1. The van der Waals surface area contributed by atoms with Crippen molar-refractivity contribution in [3.05, 3.63) is 130 Å². The normalized spacial score (nSPS) is 16.7. The fourth-order valence-corrected chi connectivity index (χ4v) is 9.33. The van der Waals surface area contributed by atoms with Gasteiger partial charge in [-0.2, -0.15) is 0 Å². The lowest BCUT2D eigenvalue weighted by Gasteiger charge is -2.42. The Labute approximate surface area is 333 Å². The summed E-state index contributed by atoms with van der Waals surface area (Å²) in [6.45, 7) is 8.54. The number of benzene rings is 3. The molecule has 1 atom stereocenters. The van der Waals surface area contributed by atoms with E-state index in [4.69, 9.17) is 4.74 Å².